The molecular formula is H3Al3Li3O28P7Ti3. The molecule has 0 bridgehead atoms. The Balaban J connectivity index is -0.0000000144. The van der Waals surface area contributed by atoms with Crippen molar-refractivity contribution in [2.45, 2.75) is 0 Å². The van der Waals surface area contributed by atoms with Crippen LogP contribution in [0.15, 0.2) is 0 Å². The van der Waals surface area contributed by atoms with Crippen molar-refractivity contribution in [1.82, 2.24) is 0 Å². The molecule has 0 aliphatic carbocycles. The van der Waals surface area contributed by atoms with Crippen molar-refractivity contribution in [3.8, 4) is 0 Å². The fourth-order valence-electron chi connectivity index (χ4n) is 0. The maximum absolute atomic E-state index is 8.55. The van der Waals surface area contributed by atoms with Gasteiger partial charge in [-0.3, -0.25) is 0 Å². The maximum Gasteiger partial charge on any atom is 4.00 e. The van der Waals surface area contributed by atoms with Gasteiger partial charge in [0.2, 0.25) is 0 Å². The normalized spacial score (nSPS) is 9.39. The van der Waals surface area contributed by atoms with Crippen molar-refractivity contribution in [1.29, 1.82) is 0 Å². The van der Waals surface area contributed by atoms with E-state index in [4.69, 9.17) is 135 Å². The summed E-state index contributed by atoms with van der Waals surface area (Å²) in [7, 11) is -37.7. The third-order valence-electron chi connectivity index (χ3n) is 0. The maximum atomic E-state index is 8.55. The number of hydrogen-bond donors (Lipinski definition) is 0. The van der Waals surface area contributed by atoms with E-state index in [9.17, 15) is 0 Å². The van der Waals surface area contributed by atoms with Gasteiger partial charge in [-0.1, -0.05) is 0 Å². The molecule has 0 spiro atoms. The molecule has 0 aromatic heterocycles. The van der Waals surface area contributed by atoms with Crippen LogP contribution in [0.25, 0.3) is 0 Å². The van der Waals surface area contributed by atoms with E-state index < -0.39 is 54.8 Å². The van der Waals surface area contributed by atoms with E-state index in [1.807, 2.05) is 0 Å². The van der Waals surface area contributed by atoms with E-state index in [2.05, 4.69) is 0 Å². The quantitative estimate of drug-likeness (QED) is 0.161. The summed E-state index contributed by atoms with van der Waals surface area (Å²) in [6.07, 6.45) is 0. The molecule has 0 aliphatic rings. The molecule has 0 radical (unpaired) electrons. The Labute approximate surface area is 358 Å². The molecule has 28 nitrogen and oxygen atoms in total. The fraction of sp³-hybridized carbons (Fsp3) is 0. The van der Waals surface area contributed by atoms with Crippen molar-refractivity contribution >= 4 is 163 Å². The van der Waals surface area contributed by atoms with Gasteiger partial charge in [-0.15, -0.1) is 0 Å². The minimum Gasteiger partial charge on any atom is 4.00 e. The monoisotopic (exact) mass is 914 g/mol. The zero-order valence-corrected chi connectivity index (χ0v) is 32.2. The van der Waals surface area contributed by atoms with Crippen LogP contribution in [0.2, 0.25) is 0 Å². The Hall–Kier alpha value is 6.30. The molecule has 0 aliphatic heterocycles. The molecule has 44 heteroatoms. The Bertz CT molecular complexity index is 591. The van der Waals surface area contributed by atoms with Crippen LogP contribution in [0.1, 0.15) is 0 Å². The van der Waals surface area contributed by atoms with E-state index >= 15 is 0 Å². The Morgan fingerprint density at radius 3 is 0.205 bits per heavy atom. The number of hydrogen-bond acceptors (Lipinski definition) is 28. The Morgan fingerprint density at radius 1 is 0.205 bits per heavy atom. The van der Waals surface area contributed by atoms with Gasteiger partial charge in [0.1, 0.15) is 0 Å². The molecule has 0 unspecified atom stereocenters. The second-order valence-corrected chi connectivity index (χ2v) is 9.39. The molecule has 0 fully saturated rings. The molecule has 0 N–H and O–H groups in total. The summed E-state index contributed by atoms with van der Waals surface area (Å²) in [5, 5.41) is 0. The van der Waals surface area contributed by atoms with Crippen LogP contribution in [0.4, 0.5) is 0 Å². The first-order valence-electron chi connectivity index (χ1n) is 5.11. The van der Waals surface area contributed by atoms with Gasteiger partial charge in [0.05, 0.1) is 0 Å². The van der Waals surface area contributed by atoms with Crippen molar-refractivity contribution in [2.24, 2.45) is 0 Å². The van der Waals surface area contributed by atoms with Gasteiger partial charge in [0, 0.05) is 0 Å². The predicted octanol–water partition coefficient (Wildman–Crippen LogP) is -22.9. The summed E-state index contributed by atoms with van der Waals surface area (Å²) in [5.74, 6) is 0. The van der Waals surface area contributed by atoms with Crippen LogP contribution in [-0.2, 0) is 97.1 Å². The van der Waals surface area contributed by atoms with Crippen LogP contribution < -0.4 is 103 Å². The van der Waals surface area contributed by atoms with Gasteiger partial charge >= 0.3 is 174 Å². The average Bonchev–Trinajstić information content (AvgIpc) is 2.06. The topological polar surface area (TPSA) is 604 Å². The molecular weight excluding hydrogens is 910 g/mol. The summed E-state index contributed by atoms with van der Waals surface area (Å²) < 4.78 is 59.8. The molecule has 0 aromatic rings. The van der Waals surface area contributed by atoms with Gasteiger partial charge in [0.15, 0.2) is 0 Å². The van der Waals surface area contributed by atoms with E-state index in [-0.39, 0.29) is 174 Å². The zero-order chi connectivity index (χ0) is 31.5. The first-order valence-corrected chi connectivity index (χ1v) is 15.3. The molecule has 0 amide bonds. The Morgan fingerprint density at radius 2 is 0.205 bits per heavy atom. The molecule has 0 rings (SSSR count). The van der Waals surface area contributed by atoms with Crippen LogP contribution >= 0.6 is 54.8 Å². The smallest absolute Gasteiger partial charge is 4.00 e. The van der Waals surface area contributed by atoms with Crippen LogP contribution in [-0.4, -0.2) is 109 Å². The molecule has 0 heterocycles. The number of rotatable bonds is 0. The summed E-state index contributed by atoms with van der Waals surface area (Å²) in [6.45, 7) is 0. The molecule has 0 aromatic carbocycles. The second kappa shape index (κ2) is 49.3. The summed E-state index contributed by atoms with van der Waals surface area (Å²) in [4.78, 5) is 180. The minimum absolute atomic E-state index is 0. The van der Waals surface area contributed by atoms with E-state index in [1.54, 1.807) is 0 Å². The molecule has 0 saturated carbocycles. The molecule has 230 valence electrons. The summed E-state index contributed by atoms with van der Waals surface area (Å²) >= 11 is 0. The second-order valence-electron chi connectivity index (χ2n) is 3.13. The van der Waals surface area contributed by atoms with Gasteiger partial charge in [-0.05, 0) is 0 Å². The van der Waals surface area contributed by atoms with Crippen molar-refractivity contribution < 1.29 is 200 Å². The van der Waals surface area contributed by atoms with Gasteiger partial charge in [-0.25, -0.2) is 0 Å². The predicted molar refractivity (Wildman–Crippen MR) is 92.0 cm³/mol. The van der Waals surface area contributed by atoms with Gasteiger partial charge in [-0.2, -0.15) is 54.8 Å². The molecule has 0 atom stereocenters. The molecule has 44 heavy (non-hydrogen) atoms. The Kier molecular flexibility index (Phi) is 116. The average molecular weight is 913 g/mol. The minimum atomic E-state index is -5.39. The third kappa shape index (κ3) is 2720. The van der Waals surface area contributed by atoms with E-state index in [0.717, 1.165) is 0 Å². The third-order valence-corrected chi connectivity index (χ3v) is 0. The van der Waals surface area contributed by atoms with Gasteiger partial charge in [0.25, 0.3) is 0 Å². The van der Waals surface area contributed by atoms with Crippen LogP contribution in [0.5, 0.6) is 0 Å². The van der Waals surface area contributed by atoms with Crippen LogP contribution in [0, 0.1) is 0 Å². The first-order chi connectivity index (χ1) is 14.0. The summed E-state index contributed by atoms with van der Waals surface area (Å²) in [6, 6.07) is 0. The van der Waals surface area contributed by atoms with Gasteiger partial charge < -0.3 is 135 Å². The van der Waals surface area contributed by atoms with Crippen molar-refractivity contribution in [2.75, 3.05) is 0 Å². The summed E-state index contributed by atoms with van der Waals surface area (Å²) in [5.41, 5.74) is 0. The standard InChI is InChI=1S/3Al.3Li.7H3O4P.3Ti.3H/c;;;;;;7*1-5(2,3)4;;;;;;/h;;;;;;7*(H3,1,2,3,4);;;;;;/q3*+3;;;;;;;;;;;3*+4;;;/p-21. The zero-order valence-electron chi connectivity index (χ0n) is 17.8. The van der Waals surface area contributed by atoms with E-state index in [1.165, 1.54) is 0 Å². The molecule has 0 saturated heterocycles. The first kappa shape index (κ1) is 104. The fourth-order valence-corrected chi connectivity index (χ4v) is 0. The van der Waals surface area contributed by atoms with E-state index in [0.29, 0.717) is 0 Å². The largest absolute Gasteiger partial charge is 4.00 e. The van der Waals surface area contributed by atoms with Crippen molar-refractivity contribution in [3.05, 3.63) is 0 Å². The van der Waals surface area contributed by atoms with Crippen molar-refractivity contribution in [3.63, 3.8) is 0 Å². The SMILES string of the molecule is O=P([O-])([O-])[O-].O=P([O-])([O-])[O-].O=P([O-])([O-])[O-].O=P([O-])([O-])[O-].O=P([O-])([O-])[O-].O=P([O-])([O-])[O-].O=P([O-])([O-])[O-].[Al+3].[Al+3].[Al+3].[LiH].[LiH].[LiH].[Ti+4].[Ti+4].[Ti+4]. The number of phosphoric acid groups is 7. The van der Waals surface area contributed by atoms with Crippen LogP contribution in [0.3, 0.4) is 0 Å².